The number of aryl methyl sites for hydroxylation is 1. The molecular formula is C30H42O4. The zero-order chi connectivity index (χ0) is 23.8. The fourth-order valence-corrected chi connectivity index (χ4v) is 5.37. The molecule has 0 saturated carbocycles. The molecule has 2 aliphatic heterocycles. The highest BCUT2D eigenvalue weighted by Gasteiger charge is 2.47. The molecule has 0 aliphatic carbocycles. The number of allylic oxidation sites excluding steroid dienone is 2. The number of carboxylic acids is 1. The molecule has 1 N–H and O–H groups in total. The van der Waals surface area contributed by atoms with E-state index >= 15 is 0 Å². The summed E-state index contributed by atoms with van der Waals surface area (Å²) in [5, 5.41) is 8.73. The molecule has 3 rings (SSSR count). The summed E-state index contributed by atoms with van der Waals surface area (Å²) in [5.74, 6) is 6.98. The molecule has 2 aliphatic rings. The van der Waals surface area contributed by atoms with E-state index in [0.717, 1.165) is 51.6 Å². The Hall–Kier alpha value is -2.09. The molecule has 2 fully saturated rings. The Bertz CT molecular complexity index is 791. The van der Waals surface area contributed by atoms with Crippen molar-refractivity contribution in [1.29, 1.82) is 0 Å². The van der Waals surface area contributed by atoms with Crippen LogP contribution in [0.1, 0.15) is 82.6 Å². The molecule has 186 valence electrons. The number of benzene rings is 1. The summed E-state index contributed by atoms with van der Waals surface area (Å²) in [5.41, 5.74) is 1.41. The van der Waals surface area contributed by atoms with Crippen molar-refractivity contribution in [1.82, 2.24) is 0 Å². The molecule has 4 heteroatoms. The van der Waals surface area contributed by atoms with Crippen LogP contribution in [0.25, 0.3) is 0 Å². The minimum Gasteiger partial charge on any atom is -0.481 e. The molecule has 0 radical (unpaired) electrons. The lowest BCUT2D eigenvalue weighted by molar-refractivity contribution is -0.137. The quantitative estimate of drug-likeness (QED) is 0.170. The zero-order valence-corrected chi connectivity index (χ0v) is 20.6. The highest BCUT2D eigenvalue weighted by molar-refractivity contribution is 5.66. The van der Waals surface area contributed by atoms with Gasteiger partial charge in [0.1, 0.15) is 6.61 Å². The van der Waals surface area contributed by atoms with Crippen molar-refractivity contribution >= 4 is 5.97 Å². The van der Waals surface area contributed by atoms with Gasteiger partial charge in [-0.15, -0.1) is 5.92 Å². The Balaban J connectivity index is 1.19. The first-order valence-electron chi connectivity index (χ1n) is 13.3. The van der Waals surface area contributed by atoms with Gasteiger partial charge in [-0.3, -0.25) is 4.79 Å². The number of unbranched alkanes of at least 4 members (excludes halogenated alkanes) is 4. The first-order chi connectivity index (χ1) is 16.7. The fourth-order valence-electron chi connectivity index (χ4n) is 5.37. The van der Waals surface area contributed by atoms with Gasteiger partial charge in [-0.05, 0) is 81.6 Å². The lowest BCUT2D eigenvalue weighted by Crippen LogP contribution is -2.26. The number of fused-ring (bicyclic) bond motifs is 2. The maximum atomic E-state index is 10.6. The van der Waals surface area contributed by atoms with Gasteiger partial charge in [-0.25, -0.2) is 0 Å². The van der Waals surface area contributed by atoms with Crippen LogP contribution in [0.2, 0.25) is 0 Å². The van der Waals surface area contributed by atoms with Gasteiger partial charge in [0, 0.05) is 19.4 Å². The molecule has 1 aromatic rings. The predicted molar refractivity (Wildman–Crippen MR) is 137 cm³/mol. The van der Waals surface area contributed by atoms with E-state index in [2.05, 4.69) is 54.3 Å². The van der Waals surface area contributed by atoms with E-state index in [0.29, 0.717) is 30.7 Å². The van der Waals surface area contributed by atoms with Crippen LogP contribution in [0.15, 0.2) is 42.5 Å². The van der Waals surface area contributed by atoms with Crippen LogP contribution in [-0.2, 0) is 20.7 Å². The Morgan fingerprint density at radius 1 is 1.00 bits per heavy atom. The summed E-state index contributed by atoms with van der Waals surface area (Å²) >= 11 is 0. The molecule has 0 unspecified atom stereocenters. The van der Waals surface area contributed by atoms with Gasteiger partial charge < -0.3 is 14.6 Å². The second kappa shape index (κ2) is 15.7. The fraction of sp³-hybridized carbons (Fsp3) is 0.633. The summed E-state index contributed by atoms with van der Waals surface area (Å²) in [6.07, 6.45) is 18.5. The van der Waals surface area contributed by atoms with Crippen molar-refractivity contribution < 1.29 is 19.4 Å². The van der Waals surface area contributed by atoms with Gasteiger partial charge in [0.2, 0.25) is 0 Å². The first kappa shape index (κ1) is 26.5. The minimum absolute atomic E-state index is 0.257. The molecule has 4 atom stereocenters. The number of rotatable bonds is 16. The van der Waals surface area contributed by atoms with Crippen LogP contribution in [0, 0.1) is 23.7 Å². The number of hydrogen-bond donors (Lipinski definition) is 1. The molecule has 2 heterocycles. The topological polar surface area (TPSA) is 55.8 Å². The molecule has 2 saturated heterocycles. The van der Waals surface area contributed by atoms with Crippen molar-refractivity contribution in [2.24, 2.45) is 11.8 Å². The van der Waals surface area contributed by atoms with Crippen LogP contribution in [0.3, 0.4) is 0 Å². The Labute approximate surface area is 206 Å². The van der Waals surface area contributed by atoms with Crippen LogP contribution in [-0.4, -0.2) is 36.5 Å². The number of carbonyl (C=O) groups is 1. The molecule has 34 heavy (non-hydrogen) atoms. The average molecular weight is 467 g/mol. The lowest BCUT2D eigenvalue weighted by atomic mass is 9.75. The summed E-state index contributed by atoms with van der Waals surface area (Å²) < 4.78 is 11.9. The third-order valence-corrected chi connectivity index (χ3v) is 7.16. The Kier molecular flexibility index (Phi) is 12.3. The average Bonchev–Trinajstić information content (AvgIpc) is 3.44. The van der Waals surface area contributed by atoms with E-state index in [1.165, 1.54) is 37.7 Å². The van der Waals surface area contributed by atoms with Crippen molar-refractivity contribution in [3.63, 3.8) is 0 Å². The van der Waals surface area contributed by atoms with Gasteiger partial charge in [0.15, 0.2) is 0 Å². The van der Waals surface area contributed by atoms with E-state index in [-0.39, 0.29) is 6.42 Å². The number of aliphatic carboxylic acids is 1. The zero-order valence-electron chi connectivity index (χ0n) is 20.6. The Morgan fingerprint density at radius 2 is 1.82 bits per heavy atom. The Morgan fingerprint density at radius 3 is 2.65 bits per heavy atom. The van der Waals surface area contributed by atoms with Crippen molar-refractivity contribution in [2.45, 2.75) is 95.7 Å². The van der Waals surface area contributed by atoms with Gasteiger partial charge in [-0.2, -0.15) is 0 Å². The van der Waals surface area contributed by atoms with E-state index < -0.39 is 5.97 Å². The highest BCUT2D eigenvalue weighted by atomic mass is 16.5. The van der Waals surface area contributed by atoms with E-state index in [9.17, 15) is 4.79 Å². The smallest absolute Gasteiger partial charge is 0.303 e. The maximum Gasteiger partial charge on any atom is 0.303 e. The van der Waals surface area contributed by atoms with Crippen LogP contribution >= 0.6 is 0 Å². The van der Waals surface area contributed by atoms with Crippen LogP contribution in [0.4, 0.5) is 0 Å². The van der Waals surface area contributed by atoms with E-state index in [4.69, 9.17) is 14.6 Å². The van der Waals surface area contributed by atoms with Crippen molar-refractivity contribution in [3.05, 3.63) is 48.0 Å². The van der Waals surface area contributed by atoms with Crippen LogP contribution < -0.4 is 0 Å². The summed E-state index contributed by atoms with van der Waals surface area (Å²) in [4.78, 5) is 10.6. The van der Waals surface area contributed by atoms with Gasteiger partial charge in [0.25, 0.3) is 0 Å². The maximum absolute atomic E-state index is 10.6. The summed E-state index contributed by atoms with van der Waals surface area (Å²) in [7, 11) is 0. The van der Waals surface area contributed by atoms with Crippen molar-refractivity contribution in [2.75, 3.05) is 13.2 Å². The third-order valence-electron chi connectivity index (χ3n) is 7.16. The molecule has 2 bridgehead atoms. The minimum atomic E-state index is -0.708. The molecular weight excluding hydrogens is 424 g/mol. The molecule has 4 nitrogen and oxygen atoms in total. The predicted octanol–water partition coefficient (Wildman–Crippen LogP) is 6.58. The summed E-state index contributed by atoms with van der Waals surface area (Å²) in [6, 6.07) is 10.6. The third kappa shape index (κ3) is 9.65. The van der Waals surface area contributed by atoms with Gasteiger partial charge in [-0.1, -0.05) is 54.8 Å². The molecule has 0 aromatic heterocycles. The summed E-state index contributed by atoms with van der Waals surface area (Å²) in [6.45, 7) is 1.34. The number of hydrogen-bond acceptors (Lipinski definition) is 3. The molecule has 0 amide bonds. The number of ether oxygens (including phenoxy) is 2. The second-order valence-electron chi connectivity index (χ2n) is 9.71. The SMILES string of the molecule is O=C(O)CCC/C=C\C[C@H]1[C@@H](CCCCOCC#CCCCCc2ccccc2)[C@H]2CC[C@@H]1O2. The highest BCUT2D eigenvalue weighted by Crippen LogP contribution is 2.47. The van der Waals surface area contributed by atoms with Crippen molar-refractivity contribution in [3.8, 4) is 11.8 Å². The number of carboxylic acid groups (broad SMARTS) is 1. The molecule has 0 spiro atoms. The van der Waals surface area contributed by atoms with E-state index in [1.54, 1.807) is 0 Å². The normalized spacial score (nSPS) is 23.3. The standard InChI is InChI=1S/C30H42O4/c31-30(32)20-11-4-3-10-18-26-27(29-22-21-28(26)34-29)19-12-14-24-33-23-13-5-1-2-7-15-25-16-8-6-9-17-25/h3,6,8-10,16-17,26-29H,1-2,4,7,11-12,14-15,18-24H2,(H,31,32)/b10-3-/t26-,27+,28-,29+/m0/s1. The largest absolute Gasteiger partial charge is 0.481 e. The van der Waals surface area contributed by atoms with E-state index in [1.807, 2.05) is 0 Å². The lowest BCUT2D eigenvalue weighted by Gasteiger charge is -2.27. The van der Waals surface area contributed by atoms with Gasteiger partial charge >= 0.3 is 5.97 Å². The van der Waals surface area contributed by atoms with Gasteiger partial charge in [0.05, 0.1) is 12.2 Å². The molecule has 1 aromatic carbocycles. The van der Waals surface area contributed by atoms with Crippen LogP contribution in [0.5, 0.6) is 0 Å². The second-order valence-corrected chi connectivity index (χ2v) is 9.71. The first-order valence-corrected chi connectivity index (χ1v) is 13.3. The monoisotopic (exact) mass is 466 g/mol.